The van der Waals surface area contributed by atoms with Gasteiger partial charge in [-0.15, -0.1) is 0 Å². The largest absolute Gasteiger partial charge is 0.478 e. The molecule has 0 spiro atoms. The van der Waals surface area contributed by atoms with Gasteiger partial charge in [0.05, 0.1) is 17.1 Å². The minimum Gasteiger partial charge on any atom is -0.478 e. The summed E-state index contributed by atoms with van der Waals surface area (Å²) in [6.07, 6.45) is 0.530. The number of fused-ring (bicyclic) bond motifs is 1. The maximum absolute atomic E-state index is 13.2. The Hall–Kier alpha value is -2.91. The van der Waals surface area contributed by atoms with Crippen LogP contribution in [0.1, 0.15) is 31.4 Å². The zero-order valence-electron chi connectivity index (χ0n) is 18.1. The Kier molecular flexibility index (Phi) is 6.66. The molecule has 2 N–H and O–H groups in total. The lowest BCUT2D eigenvalue weighted by Crippen LogP contribution is -2.37. The van der Waals surface area contributed by atoms with Gasteiger partial charge in [-0.3, -0.25) is 9.59 Å². The highest BCUT2D eigenvalue weighted by atomic mass is 32.2. The Labute approximate surface area is 182 Å². The molecule has 0 radical (unpaired) electrons. The molecule has 0 bridgehead atoms. The van der Waals surface area contributed by atoms with E-state index in [1.54, 1.807) is 19.1 Å². The van der Waals surface area contributed by atoms with Gasteiger partial charge in [-0.25, -0.2) is 8.42 Å². The predicted molar refractivity (Wildman–Crippen MR) is 119 cm³/mol. The number of carbonyl (C=O) groups excluding carboxylic acids is 2. The summed E-state index contributed by atoms with van der Waals surface area (Å²) in [4.78, 5) is 24.5. The molecule has 9 heteroatoms. The number of amides is 2. The monoisotopic (exact) mass is 445 g/mol. The van der Waals surface area contributed by atoms with E-state index in [0.717, 1.165) is 16.3 Å². The highest BCUT2D eigenvalue weighted by Crippen LogP contribution is 2.35. The number of anilines is 2. The number of para-hydroxylation sites is 1. The summed E-state index contributed by atoms with van der Waals surface area (Å²) in [5, 5.41) is 5.52. The van der Waals surface area contributed by atoms with E-state index in [2.05, 4.69) is 10.6 Å². The predicted octanol–water partition coefficient (Wildman–Crippen LogP) is 2.93. The summed E-state index contributed by atoms with van der Waals surface area (Å²) >= 11 is 0. The molecule has 1 atom stereocenters. The van der Waals surface area contributed by atoms with Crippen LogP contribution in [0.25, 0.3) is 0 Å². The molecular weight excluding hydrogens is 418 g/mol. The van der Waals surface area contributed by atoms with Gasteiger partial charge in [0.1, 0.15) is 5.75 Å². The lowest BCUT2D eigenvalue weighted by atomic mass is 10.1. The first-order chi connectivity index (χ1) is 14.7. The third kappa shape index (κ3) is 4.72. The van der Waals surface area contributed by atoms with Gasteiger partial charge in [-0.05, 0) is 43.0 Å². The number of aryl methyl sites for hydroxylation is 2. The Morgan fingerprint density at radius 3 is 2.61 bits per heavy atom. The van der Waals surface area contributed by atoms with E-state index in [1.165, 1.54) is 13.1 Å². The highest BCUT2D eigenvalue weighted by Gasteiger charge is 2.31. The zero-order valence-corrected chi connectivity index (χ0v) is 18.9. The number of hydrogen-bond donors (Lipinski definition) is 2. The fraction of sp³-hybridized carbons (Fsp3) is 0.364. The van der Waals surface area contributed by atoms with Gasteiger partial charge in [0.25, 0.3) is 5.91 Å². The Morgan fingerprint density at radius 2 is 1.94 bits per heavy atom. The summed E-state index contributed by atoms with van der Waals surface area (Å²) < 4.78 is 33.0. The second kappa shape index (κ2) is 9.07. The van der Waals surface area contributed by atoms with Crippen LogP contribution in [-0.2, 0) is 26.0 Å². The third-order valence-electron chi connectivity index (χ3n) is 5.19. The zero-order chi connectivity index (χ0) is 22.8. The number of benzene rings is 2. The van der Waals surface area contributed by atoms with Gasteiger partial charge in [0.2, 0.25) is 15.9 Å². The molecule has 0 fully saturated rings. The fourth-order valence-electron chi connectivity index (χ4n) is 3.43. The molecular formula is C22H27N3O5S. The first-order valence-electron chi connectivity index (χ1n) is 10.1. The van der Waals surface area contributed by atoms with Gasteiger partial charge < -0.3 is 15.4 Å². The summed E-state index contributed by atoms with van der Waals surface area (Å²) in [5.74, 6) is -0.395. The van der Waals surface area contributed by atoms with Gasteiger partial charge in [0, 0.05) is 18.8 Å². The molecule has 2 aromatic carbocycles. The Morgan fingerprint density at radius 1 is 1.23 bits per heavy atom. The Balaban J connectivity index is 1.81. The van der Waals surface area contributed by atoms with Crippen molar-refractivity contribution in [2.24, 2.45) is 0 Å². The van der Waals surface area contributed by atoms with Crippen molar-refractivity contribution in [1.82, 2.24) is 4.31 Å². The van der Waals surface area contributed by atoms with E-state index in [1.807, 2.05) is 32.0 Å². The molecule has 2 amide bonds. The molecule has 31 heavy (non-hydrogen) atoms. The van der Waals surface area contributed by atoms with E-state index < -0.39 is 22.0 Å². The summed E-state index contributed by atoms with van der Waals surface area (Å²) in [7, 11) is -2.61. The smallest absolute Gasteiger partial charge is 0.265 e. The lowest BCUT2D eigenvalue weighted by Gasteiger charge is -2.27. The molecule has 2 aromatic rings. The molecule has 0 saturated heterocycles. The summed E-state index contributed by atoms with van der Waals surface area (Å²) in [6, 6.07) is 10.4. The van der Waals surface area contributed by atoms with Crippen molar-refractivity contribution in [3.8, 4) is 5.75 Å². The van der Waals surface area contributed by atoms with Crippen molar-refractivity contribution in [2.45, 2.75) is 44.6 Å². The molecule has 8 nitrogen and oxygen atoms in total. The molecule has 3 rings (SSSR count). The molecule has 0 aliphatic carbocycles. The summed E-state index contributed by atoms with van der Waals surface area (Å²) in [6.45, 7) is 5.08. The summed E-state index contributed by atoms with van der Waals surface area (Å²) in [5.41, 5.74) is 2.51. The molecule has 1 aliphatic heterocycles. The number of rotatable bonds is 7. The second-order valence-corrected chi connectivity index (χ2v) is 9.45. The number of sulfonamides is 1. The first kappa shape index (κ1) is 22.8. The van der Waals surface area contributed by atoms with Crippen LogP contribution in [0.5, 0.6) is 5.75 Å². The average Bonchev–Trinajstić information content (AvgIpc) is 2.73. The molecule has 1 aliphatic rings. The number of hydrogen-bond acceptors (Lipinski definition) is 5. The molecule has 166 valence electrons. The van der Waals surface area contributed by atoms with Gasteiger partial charge >= 0.3 is 0 Å². The minimum atomic E-state index is -3.96. The third-order valence-corrected chi connectivity index (χ3v) is 7.14. The van der Waals surface area contributed by atoms with Gasteiger partial charge in [-0.1, -0.05) is 32.0 Å². The normalized spacial score (nSPS) is 15.8. The van der Waals surface area contributed by atoms with Crippen molar-refractivity contribution in [3.05, 3.63) is 47.5 Å². The molecule has 0 saturated carbocycles. The van der Waals surface area contributed by atoms with Crippen molar-refractivity contribution < 1.29 is 22.7 Å². The minimum absolute atomic E-state index is 0.0292. The first-order valence-corrected chi connectivity index (χ1v) is 11.6. The highest BCUT2D eigenvalue weighted by molar-refractivity contribution is 7.89. The quantitative estimate of drug-likeness (QED) is 0.682. The molecule has 0 aromatic heterocycles. The molecule has 0 unspecified atom stereocenters. The number of carbonyl (C=O) groups is 2. The number of ether oxygens (including phenoxy) is 1. The number of nitrogens with zero attached hydrogens (tertiary/aromatic N) is 1. The van der Waals surface area contributed by atoms with E-state index in [4.69, 9.17) is 4.74 Å². The number of likely N-dealkylation sites (N-methyl/N-ethyl adjacent to an activating group) is 1. The SMILES string of the molecule is CCc1ccccc1NC(=O)CN(C)S(=O)(=O)c1cc2c(cc1C)NC(=O)[C@@H](CC)O2. The van der Waals surface area contributed by atoms with Crippen molar-refractivity contribution in [2.75, 3.05) is 24.2 Å². The van der Waals surface area contributed by atoms with Crippen LogP contribution in [0.15, 0.2) is 41.3 Å². The van der Waals surface area contributed by atoms with Crippen LogP contribution in [0, 0.1) is 6.92 Å². The van der Waals surface area contributed by atoms with E-state index >= 15 is 0 Å². The average molecular weight is 446 g/mol. The topological polar surface area (TPSA) is 105 Å². The van der Waals surface area contributed by atoms with Gasteiger partial charge in [0.15, 0.2) is 6.10 Å². The van der Waals surface area contributed by atoms with Crippen LogP contribution < -0.4 is 15.4 Å². The maximum atomic E-state index is 13.2. The van der Waals surface area contributed by atoms with Crippen LogP contribution in [0.2, 0.25) is 0 Å². The van der Waals surface area contributed by atoms with Gasteiger partial charge in [-0.2, -0.15) is 4.31 Å². The van der Waals surface area contributed by atoms with Crippen LogP contribution in [-0.4, -0.2) is 44.2 Å². The van der Waals surface area contributed by atoms with Crippen molar-refractivity contribution >= 4 is 33.2 Å². The van der Waals surface area contributed by atoms with E-state index in [0.29, 0.717) is 29.1 Å². The van der Waals surface area contributed by atoms with E-state index in [-0.39, 0.29) is 17.3 Å². The van der Waals surface area contributed by atoms with E-state index in [9.17, 15) is 18.0 Å². The second-order valence-electron chi connectivity index (χ2n) is 7.44. The van der Waals surface area contributed by atoms with Crippen LogP contribution in [0.4, 0.5) is 11.4 Å². The maximum Gasteiger partial charge on any atom is 0.265 e. The van der Waals surface area contributed by atoms with Crippen molar-refractivity contribution in [3.63, 3.8) is 0 Å². The van der Waals surface area contributed by atoms with Crippen LogP contribution >= 0.6 is 0 Å². The fourth-order valence-corrected chi connectivity index (χ4v) is 4.77. The van der Waals surface area contributed by atoms with Crippen molar-refractivity contribution in [1.29, 1.82) is 0 Å². The molecule has 1 heterocycles. The van der Waals surface area contributed by atoms with Crippen LogP contribution in [0.3, 0.4) is 0 Å². The lowest BCUT2D eigenvalue weighted by molar-refractivity contribution is -0.123. The standard InChI is InChI=1S/C22H27N3O5S/c1-5-15-9-7-8-10-16(15)23-21(26)13-25(4)31(28,29)20-12-19-17(11-14(20)3)24-22(27)18(6-2)30-19/h7-12,18H,5-6,13H2,1-4H3,(H,23,26)(H,24,27)/t18-/m1/s1. The number of nitrogens with one attached hydrogen (secondary N) is 2. The Bertz CT molecular complexity index is 1110.